The second kappa shape index (κ2) is 7.34. The van der Waals surface area contributed by atoms with Crippen molar-refractivity contribution < 1.29 is 9.53 Å². The lowest BCUT2D eigenvalue weighted by atomic mass is 9.88. The van der Waals surface area contributed by atoms with E-state index in [1.807, 2.05) is 24.7 Å². The third-order valence-electron chi connectivity index (χ3n) is 7.21. The van der Waals surface area contributed by atoms with Gasteiger partial charge in [-0.05, 0) is 68.2 Å². The minimum Gasteiger partial charge on any atom is -0.381 e. The largest absolute Gasteiger partial charge is 0.381 e. The van der Waals surface area contributed by atoms with Gasteiger partial charge in [-0.15, -0.1) is 0 Å². The number of carbonyl (C=O) groups is 1. The number of imidazole rings is 1. The molecular formula is C24H28N4O2. The lowest BCUT2D eigenvalue weighted by Crippen LogP contribution is -2.43. The molecule has 0 radical (unpaired) electrons. The predicted octanol–water partition coefficient (Wildman–Crippen LogP) is 3.93. The van der Waals surface area contributed by atoms with Gasteiger partial charge in [0.15, 0.2) is 0 Å². The van der Waals surface area contributed by atoms with Crippen LogP contribution in [0.3, 0.4) is 0 Å². The Morgan fingerprint density at radius 3 is 2.80 bits per heavy atom. The molecule has 1 unspecified atom stereocenters. The molecular weight excluding hydrogens is 376 g/mol. The number of benzene rings is 1. The van der Waals surface area contributed by atoms with Gasteiger partial charge < -0.3 is 14.2 Å². The number of amides is 1. The first-order valence-electron chi connectivity index (χ1n) is 11.4. The van der Waals surface area contributed by atoms with Gasteiger partial charge in [0.2, 0.25) is 0 Å². The van der Waals surface area contributed by atoms with Crippen molar-refractivity contribution in [2.45, 2.75) is 63.1 Å². The van der Waals surface area contributed by atoms with Crippen LogP contribution in [0.1, 0.15) is 61.3 Å². The molecule has 2 aliphatic heterocycles. The molecule has 1 saturated carbocycles. The normalized spacial score (nSPS) is 24.5. The number of aliphatic imine (C=N–C) groups is 1. The number of hydrogen-bond acceptors (Lipinski definition) is 4. The van der Waals surface area contributed by atoms with Crippen molar-refractivity contribution in [3.05, 3.63) is 41.2 Å². The molecule has 156 valence electrons. The average molecular weight is 405 g/mol. The van der Waals surface area contributed by atoms with Crippen LogP contribution in [-0.4, -0.2) is 58.4 Å². The van der Waals surface area contributed by atoms with Crippen LogP contribution >= 0.6 is 0 Å². The van der Waals surface area contributed by atoms with Crippen LogP contribution in [0.4, 0.5) is 0 Å². The molecule has 0 N–H and O–H groups in total. The average Bonchev–Trinajstić information content (AvgIpc) is 3.34. The topological polar surface area (TPSA) is 59.7 Å². The van der Waals surface area contributed by atoms with Gasteiger partial charge in [-0.3, -0.25) is 9.79 Å². The Morgan fingerprint density at radius 1 is 1.10 bits per heavy atom. The minimum absolute atomic E-state index is 0.157. The first-order chi connectivity index (χ1) is 14.8. The molecule has 1 aromatic heterocycles. The van der Waals surface area contributed by atoms with Gasteiger partial charge in [-0.25, -0.2) is 4.98 Å². The van der Waals surface area contributed by atoms with Crippen LogP contribution in [0, 0.1) is 0 Å². The summed E-state index contributed by atoms with van der Waals surface area (Å²) in [6, 6.07) is 7.15. The summed E-state index contributed by atoms with van der Waals surface area (Å²) in [5, 5.41) is 0. The SMILES string of the molecule is O=C(c1cccc2c1ncn2C1CCOCC1)N(C1CC1)C1CCC2=C(C=NC2)C1. The van der Waals surface area contributed by atoms with Gasteiger partial charge in [0.05, 0.1) is 24.0 Å². The molecule has 1 atom stereocenters. The number of aromatic nitrogens is 2. The van der Waals surface area contributed by atoms with Crippen molar-refractivity contribution >= 4 is 23.2 Å². The number of fused-ring (bicyclic) bond motifs is 1. The molecule has 0 spiro atoms. The van der Waals surface area contributed by atoms with Gasteiger partial charge in [-0.1, -0.05) is 6.07 Å². The maximum atomic E-state index is 13.8. The monoisotopic (exact) mass is 404 g/mol. The molecule has 4 aliphatic rings. The Kier molecular flexibility index (Phi) is 4.48. The molecule has 6 nitrogen and oxygen atoms in total. The van der Waals surface area contributed by atoms with Gasteiger partial charge in [0, 0.05) is 37.6 Å². The minimum atomic E-state index is 0.157. The van der Waals surface area contributed by atoms with Gasteiger partial charge in [-0.2, -0.15) is 0 Å². The predicted molar refractivity (Wildman–Crippen MR) is 116 cm³/mol. The zero-order valence-corrected chi connectivity index (χ0v) is 17.3. The van der Waals surface area contributed by atoms with E-state index in [-0.39, 0.29) is 11.9 Å². The fraction of sp³-hybridized carbons (Fsp3) is 0.542. The Labute approximate surface area is 176 Å². The summed E-state index contributed by atoms with van der Waals surface area (Å²) < 4.78 is 7.78. The summed E-state index contributed by atoms with van der Waals surface area (Å²) in [5.74, 6) is 0.157. The van der Waals surface area contributed by atoms with Gasteiger partial charge >= 0.3 is 0 Å². The lowest BCUT2D eigenvalue weighted by molar-refractivity contribution is 0.0647. The molecule has 6 rings (SSSR count). The van der Waals surface area contributed by atoms with E-state index in [1.54, 1.807) is 0 Å². The van der Waals surface area contributed by atoms with E-state index in [9.17, 15) is 4.79 Å². The molecule has 2 aliphatic carbocycles. The summed E-state index contributed by atoms with van der Waals surface area (Å²) in [5.41, 5.74) is 5.52. The molecule has 6 heteroatoms. The molecule has 1 aromatic carbocycles. The van der Waals surface area contributed by atoms with Crippen molar-refractivity contribution in [2.24, 2.45) is 4.99 Å². The number of ether oxygens (including phenoxy) is 1. The van der Waals surface area contributed by atoms with Crippen LogP contribution in [0.15, 0.2) is 40.7 Å². The fourth-order valence-corrected chi connectivity index (χ4v) is 5.44. The van der Waals surface area contributed by atoms with Gasteiger partial charge in [0.25, 0.3) is 5.91 Å². The van der Waals surface area contributed by atoms with Crippen LogP contribution in [-0.2, 0) is 4.74 Å². The second-order valence-corrected chi connectivity index (χ2v) is 9.11. The first-order valence-corrected chi connectivity index (χ1v) is 11.4. The summed E-state index contributed by atoms with van der Waals surface area (Å²) in [4.78, 5) is 25.2. The number of para-hydroxylation sites is 1. The van der Waals surface area contributed by atoms with E-state index in [4.69, 9.17) is 9.72 Å². The smallest absolute Gasteiger partial charge is 0.256 e. The zero-order chi connectivity index (χ0) is 20.1. The van der Waals surface area contributed by atoms with E-state index in [1.165, 1.54) is 11.1 Å². The molecule has 3 heterocycles. The highest BCUT2D eigenvalue weighted by atomic mass is 16.5. The van der Waals surface area contributed by atoms with Crippen molar-refractivity contribution in [2.75, 3.05) is 19.8 Å². The summed E-state index contributed by atoms with van der Waals surface area (Å²) in [7, 11) is 0. The molecule has 30 heavy (non-hydrogen) atoms. The van der Waals surface area contributed by atoms with Gasteiger partial charge in [0.1, 0.15) is 5.52 Å². The van der Waals surface area contributed by atoms with E-state index in [0.717, 1.165) is 81.3 Å². The lowest BCUT2D eigenvalue weighted by Gasteiger charge is -2.35. The highest BCUT2D eigenvalue weighted by Gasteiger charge is 2.40. The molecule has 0 bridgehead atoms. The third-order valence-corrected chi connectivity index (χ3v) is 7.21. The summed E-state index contributed by atoms with van der Waals surface area (Å²) in [6.07, 6.45) is 11.3. The Morgan fingerprint density at radius 2 is 1.97 bits per heavy atom. The third kappa shape index (κ3) is 3.09. The first kappa shape index (κ1) is 18.3. The molecule has 1 amide bonds. The van der Waals surface area contributed by atoms with Crippen molar-refractivity contribution in [3.8, 4) is 0 Å². The number of hydrogen-bond donors (Lipinski definition) is 0. The Hall–Kier alpha value is -2.47. The van der Waals surface area contributed by atoms with Crippen LogP contribution in [0.2, 0.25) is 0 Å². The van der Waals surface area contributed by atoms with Crippen LogP contribution in [0.5, 0.6) is 0 Å². The number of carbonyl (C=O) groups excluding carboxylic acids is 1. The highest BCUT2D eigenvalue weighted by molar-refractivity contribution is 6.05. The van der Waals surface area contributed by atoms with Crippen molar-refractivity contribution in [1.82, 2.24) is 14.5 Å². The fourth-order valence-electron chi connectivity index (χ4n) is 5.44. The van der Waals surface area contributed by atoms with Crippen molar-refractivity contribution in [3.63, 3.8) is 0 Å². The number of nitrogens with zero attached hydrogens (tertiary/aromatic N) is 4. The Bertz CT molecular complexity index is 1040. The van der Waals surface area contributed by atoms with E-state index in [0.29, 0.717) is 12.1 Å². The number of rotatable bonds is 4. The van der Waals surface area contributed by atoms with Crippen LogP contribution in [0.25, 0.3) is 11.0 Å². The maximum absolute atomic E-state index is 13.8. The Balaban J connectivity index is 1.33. The van der Waals surface area contributed by atoms with E-state index >= 15 is 0 Å². The van der Waals surface area contributed by atoms with Crippen molar-refractivity contribution in [1.29, 1.82) is 0 Å². The molecule has 2 fully saturated rings. The van der Waals surface area contributed by atoms with E-state index < -0.39 is 0 Å². The zero-order valence-electron chi connectivity index (χ0n) is 17.3. The summed E-state index contributed by atoms with van der Waals surface area (Å²) >= 11 is 0. The second-order valence-electron chi connectivity index (χ2n) is 9.11. The van der Waals surface area contributed by atoms with E-state index in [2.05, 4.69) is 20.5 Å². The maximum Gasteiger partial charge on any atom is 0.256 e. The van der Waals surface area contributed by atoms with Crippen LogP contribution < -0.4 is 0 Å². The molecule has 2 aromatic rings. The standard InChI is InChI=1S/C24H28N4O2/c29-24(28(19-6-7-19)20-5-4-16-13-25-14-17(16)12-20)21-2-1-3-22-23(21)26-15-27(22)18-8-10-30-11-9-18/h1-3,14-15,18-20H,4-13H2. The highest BCUT2D eigenvalue weighted by Crippen LogP contribution is 2.38. The molecule has 1 saturated heterocycles. The quantitative estimate of drug-likeness (QED) is 0.776. The summed E-state index contributed by atoms with van der Waals surface area (Å²) in [6.45, 7) is 2.45.